The van der Waals surface area contributed by atoms with Gasteiger partial charge in [-0.3, -0.25) is 4.79 Å². The number of ketones is 1. The third kappa shape index (κ3) is 5.30. The van der Waals surface area contributed by atoms with Gasteiger partial charge < -0.3 is 0 Å². The fourth-order valence-electron chi connectivity index (χ4n) is 2.96. The van der Waals surface area contributed by atoms with Crippen LogP contribution in [0.1, 0.15) is 76.1 Å². The molecule has 0 aliphatic carbocycles. The number of hydrogen-bond donors (Lipinski definition) is 0. The molecule has 0 aromatic heterocycles. The molecule has 0 heterocycles. The van der Waals surface area contributed by atoms with Gasteiger partial charge in [0.1, 0.15) is 5.78 Å². The summed E-state index contributed by atoms with van der Waals surface area (Å²) in [4.78, 5) is 12.3. The van der Waals surface area contributed by atoms with E-state index in [4.69, 9.17) is 0 Å². The molecule has 1 nitrogen and oxygen atoms in total. The first kappa shape index (κ1) is 17.9. The summed E-state index contributed by atoms with van der Waals surface area (Å²) in [6.07, 6.45) is 3.61. The molecule has 0 fully saturated rings. The lowest BCUT2D eigenvalue weighted by Gasteiger charge is -2.22. The van der Waals surface area contributed by atoms with Gasteiger partial charge in [-0.15, -0.1) is 0 Å². The minimum Gasteiger partial charge on any atom is -0.299 e. The molecule has 0 radical (unpaired) electrons. The lowest BCUT2D eigenvalue weighted by Crippen LogP contribution is -2.14. The van der Waals surface area contributed by atoms with E-state index in [0.29, 0.717) is 24.5 Å². The Kier molecular flexibility index (Phi) is 6.19. The maximum atomic E-state index is 12.3. The molecule has 1 aromatic rings. The highest BCUT2D eigenvalue weighted by Gasteiger charge is 2.18. The zero-order valence-corrected chi connectivity index (χ0v) is 15.0. The Morgan fingerprint density at radius 2 is 1.67 bits per heavy atom. The van der Waals surface area contributed by atoms with E-state index in [1.54, 1.807) is 0 Å². The van der Waals surface area contributed by atoms with Crippen LogP contribution in [-0.2, 0) is 16.6 Å². The van der Waals surface area contributed by atoms with Crippen molar-refractivity contribution in [1.29, 1.82) is 0 Å². The number of carbonyl (C=O) groups is 1. The van der Waals surface area contributed by atoms with Gasteiger partial charge in [0, 0.05) is 12.8 Å². The average molecular weight is 288 g/mol. The third-order valence-electron chi connectivity index (χ3n) is 4.29. The maximum absolute atomic E-state index is 12.3. The second-order valence-electron chi connectivity index (χ2n) is 7.65. The summed E-state index contributed by atoms with van der Waals surface area (Å²) in [6.45, 7) is 15.3. The monoisotopic (exact) mass is 288 g/mol. The SMILES string of the molecule is CCCC(C)CC(=O)Cc1c(C)cc(C(C)(C)C)cc1C. The van der Waals surface area contributed by atoms with Crippen molar-refractivity contribution in [2.45, 2.75) is 79.6 Å². The van der Waals surface area contributed by atoms with Gasteiger partial charge in [0.15, 0.2) is 0 Å². The van der Waals surface area contributed by atoms with Crippen LogP contribution >= 0.6 is 0 Å². The zero-order valence-electron chi connectivity index (χ0n) is 15.0. The van der Waals surface area contributed by atoms with Crippen molar-refractivity contribution >= 4 is 5.78 Å². The molecule has 0 saturated heterocycles. The smallest absolute Gasteiger partial charge is 0.137 e. The summed E-state index contributed by atoms with van der Waals surface area (Å²) in [6, 6.07) is 4.51. The predicted molar refractivity (Wildman–Crippen MR) is 92.0 cm³/mol. The number of carbonyl (C=O) groups excluding carboxylic acids is 1. The van der Waals surface area contributed by atoms with Crippen LogP contribution in [0.25, 0.3) is 0 Å². The Labute approximate surface area is 131 Å². The molecule has 0 saturated carbocycles. The molecule has 1 rings (SSSR count). The molecule has 1 unspecified atom stereocenters. The average Bonchev–Trinajstić information content (AvgIpc) is 2.32. The summed E-state index contributed by atoms with van der Waals surface area (Å²) in [5.41, 5.74) is 5.27. The fraction of sp³-hybridized carbons (Fsp3) is 0.650. The van der Waals surface area contributed by atoms with Crippen molar-refractivity contribution in [3.63, 3.8) is 0 Å². The quantitative estimate of drug-likeness (QED) is 0.671. The Balaban J connectivity index is 2.88. The molecular formula is C20H32O. The van der Waals surface area contributed by atoms with Crippen LogP contribution in [0.2, 0.25) is 0 Å². The van der Waals surface area contributed by atoms with Crippen LogP contribution < -0.4 is 0 Å². The van der Waals surface area contributed by atoms with E-state index in [2.05, 4.69) is 60.6 Å². The summed E-state index contributed by atoms with van der Waals surface area (Å²) in [5.74, 6) is 0.891. The molecule has 1 atom stereocenters. The summed E-state index contributed by atoms with van der Waals surface area (Å²) < 4.78 is 0. The van der Waals surface area contributed by atoms with Crippen molar-refractivity contribution in [2.24, 2.45) is 5.92 Å². The van der Waals surface area contributed by atoms with Crippen molar-refractivity contribution in [2.75, 3.05) is 0 Å². The molecule has 118 valence electrons. The van der Waals surface area contributed by atoms with Gasteiger partial charge in [0.05, 0.1) is 0 Å². The minimum absolute atomic E-state index is 0.160. The molecule has 0 amide bonds. The van der Waals surface area contributed by atoms with Crippen molar-refractivity contribution < 1.29 is 4.79 Å². The van der Waals surface area contributed by atoms with Gasteiger partial charge in [0.25, 0.3) is 0 Å². The Morgan fingerprint density at radius 3 is 2.10 bits per heavy atom. The molecule has 1 aromatic carbocycles. The summed E-state index contributed by atoms with van der Waals surface area (Å²) >= 11 is 0. The lowest BCUT2D eigenvalue weighted by molar-refractivity contribution is -0.119. The molecular weight excluding hydrogens is 256 g/mol. The van der Waals surface area contributed by atoms with Gasteiger partial charge in [-0.2, -0.15) is 0 Å². The highest BCUT2D eigenvalue weighted by Crippen LogP contribution is 2.27. The number of aryl methyl sites for hydroxylation is 2. The van der Waals surface area contributed by atoms with E-state index in [-0.39, 0.29) is 5.41 Å². The Morgan fingerprint density at radius 1 is 1.14 bits per heavy atom. The van der Waals surface area contributed by atoms with E-state index >= 15 is 0 Å². The first-order valence-corrected chi connectivity index (χ1v) is 8.27. The van der Waals surface area contributed by atoms with Crippen LogP contribution in [0, 0.1) is 19.8 Å². The van der Waals surface area contributed by atoms with E-state index in [1.807, 2.05) is 0 Å². The first-order valence-electron chi connectivity index (χ1n) is 8.27. The molecule has 0 N–H and O–H groups in total. The molecule has 21 heavy (non-hydrogen) atoms. The second-order valence-corrected chi connectivity index (χ2v) is 7.65. The standard InChI is InChI=1S/C20H32O/c1-8-9-14(2)10-18(21)13-19-15(3)11-17(12-16(19)4)20(5,6)7/h11-12,14H,8-10,13H2,1-7H3. The van der Waals surface area contributed by atoms with Gasteiger partial charge in [-0.25, -0.2) is 0 Å². The molecule has 0 spiro atoms. The van der Waals surface area contributed by atoms with Gasteiger partial charge in [0.2, 0.25) is 0 Å². The first-order chi connectivity index (χ1) is 9.65. The number of hydrogen-bond acceptors (Lipinski definition) is 1. The van der Waals surface area contributed by atoms with Crippen LogP contribution in [0.5, 0.6) is 0 Å². The van der Waals surface area contributed by atoms with E-state index in [1.165, 1.54) is 22.3 Å². The largest absolute Gasteiger partial charge is 0.299 e. The molecule has 0 aliphatic heterocycles. The van der Waals surface area contributed by atoms with Crippen LogP contribution in [-0.4, -0.2) is 5.78 Å². The summed E-state index contributed by atoms with van der Waals surface area (Å²) in [7, 11) is 0. The zero-order chi connectivity index (χ0) is 16.2. The number of benzene rings is 1. The minimum atomic E-state index is 0.160. The van der Waals surface area contributed by atoms with Gasteiger partial charge in [-0.05, 0) is 47.4 Å². The number of Topliss-reactive ketones (excluding diaryl/α,β-unsaturated/α-hetero) is 1. The maximum Gasteiger partial charge on any atom is 0.137 e. The van der Waals surface area contributed by atoms with Crippen LogP contribution in [0.15, 0.2) is 12.1 Å². The normalized spacial score (nSPS) is 13.3. The van der Waals surface area contributed by atoms with Crippen LogP contribution in [0.3, 0.4) is 0 Å². The van der Waals surface area contributed by atoms with Crippen molar-refractivity contribution in [3.8, 4) is 0 Å². The topological polar surface area (TPSA) is 17.1 Å². The van der Waals surface area contributed by atoms with E-state index < -0.39 is 0 Å². The predicted octanol–water partition coefficient (Wildman–Crippen LogP) is 5.54. The fourth-order valence-corrected chi connectivity index (χ4v) is 2.96. The van der Waals surface area contributed by atoms with Crippen molar-refractivity contribution in [1.82, 2.24) is 0 Å². The van der Waals surface area contributed by atoms with E-state index in [0.717, 1.165) is 12.8 Å². The van der Waals surface area contributed by atoms with E-state index in [9.17, 15) is 4.79 Å². The van der Waals surface area contributed by atoms with Gasteiger partial charge >= 0.3 is 0 Å². The lowest BCUT2D eigenvalue weighted by atomic mass is 9.83. The molecule has 0 bridgehead atoms. The Bertz CT molecular complexity index is 468. The molecule has 1 heteroatoms. The third-order valence-corrected chi connectivity index (χ3v) is 4.29. The Hall–Kier alpha value is -1.11. The molecule has 0 aliphatic rings. The summed E-state index contributed by atoms with van der Waals surface area (Å²) in [5, 5.41) is 0. The van der Waals surface area contributed by atoms with Gasteiger partial charge in [-0.1, -0.05) is 59.6 Å². The van der Waals surface area contributed by atoms with Crippen LogP contribution in [0.4, 0.5) is 0 Å². The van der Waals surface area contributed by atoms with Crippen molar-refractivity contribution in [3.05, 3.63) is 34.4 Å². The highest BCUT2D eigenvalue weighted by atomic mass is 16.1. The second kappa shape index (κ2) is 7.24. The number of rotatable bonds is 6. The highest BCUT2D eigenvalue weighted by molar-refractivity contribution is 5.81.